The second-order valence-corrected chi connectivity index (χ2v) is 3.69. The van der Waals surface area contributed by atoms with E-state index in [1.54, 1.807) is 0 Å². The van der Waals surface area contributed by atoms with E-state index in [0.29, 0.717) is 11.8 Å². The van der Waals surface area contributed by atoms with Gasteiger partial charge in [0.1, 0.15) is 6.10 Å². The predicted molar refractivity (Wildman–Crippen MR) is 54.4 cm³/mol. The van der Waals surface area contributed by atoms with E-state index in [1.165, 1.54) is 6.08 Å². The number of esters is 1. The van der Waals surface area contributed by atoms with Gasteiger partial charge in [-0.05, 0) is 18.3 Å². The summed E-state index contributed by atoms with van der Waals surface area (Å²) in [6.07, 6.45) is 2.10. The molecule has 0 bridgehead atoms. The monoisotopic (exact) mass is 184 g/mol. The molecule has 0 saturated heterocycles. The highest BCUT2D eigenvalue weighted by molar-refractivity contribution is 5.81. The fourth-order valence-corrected chi connectivity index (χ4v) is 1.19. The summed E-state index contributed by atoms with van der Waals surface area (Å²) in [7, 11) is 0. The zero-order valence-corrected chi connectivity index (χ0v) is 9.04. The van der Waals surface area contributed by atoms with Crippen molar-refractivity contribution in [3.8, 4) is 0 Å². The summed E-state index contributed by atoms with van der Waals surface area (Å²) in [6.45, 7) is 11.8. The van der Waals surface area contributed by atoms with Crippen molar-refractivity contribution in [3.05, 3.63) is 12.7 Å². The van der Waals surface area contributed by atoms with E-state index in [2.05, 4.69) is 27.4 Å². The van der Waals surface area contributed by atoms with Gasteiger partial charge in [0, 0.05) is 6.08 Å². The van der Waals surface area contributed by atoms with Gasteiger partial charge < -0.3 is 4.74 Å². The molecule has 0 rings (SSSR count). The Morgan fingerprint density at radius 1 is 1.46 bits per heavy atom. The number of carbonyl (C=O) groups excluding carboxylic acids is 1. The van der Waals surface area contributed by atoms with Gasteiger partial charge in [-0.1, -0.05) is 34.3 Å². The molecule has 0 spiro atoms. The molecule has 0 aliphatic carbocycles. The molecule has 0 N–H and O–H groups in total. The molecule has 0 amide bonds. The van der Waals surface area contributed by atoms with Crippen molar-refractivity contribution in [3.63, 3.8) is 0 Å². The highest BCUT2D eigenvalue weighted by Gasteiger charge is 2.21. The van der Waals surface area contributed by atoms with Crippen LogP contribution in [0.3, 0.4) is 0 Å². The third-order valence-electron chi connectivity index (χ3n) is 2.47. The molecule has 0 aromatic heterocycles. The van der Waals surface area contributed by atoms with Crippen LogP contribution in [0.1, 0.15) is 34.1 Å². The Morgan fingerprint density at radius 3 is 2.31 bits per heavy atom. The Labute approximate surface area is 81.0 Å². The Bertz CT molecular complexity index is 173. The van der Waals surface area contributed by atoms with E-state index in [1.807, 2.05) is 6.92 Å². The smallest absolute Gasteiger partial charge is 0.330 e. The zero-order valence-electron chi connectivity index (χ0n) is 9.04. The van der Waals surface area contributed by atoms with Gasteiger partial charge in [0.2, 0.25) is 0 Å². The summed E-state index contributed by atoms with van der Waals surface area (Å²) < 4.78 is 5.21. The Balaban J connectivity index is 4.16. The molecule has 0 aromatic rings. The van der Waals surface area contributed by atoms with Crippen molar-refractivity contribution >= 4 is 5.97 Å². The van der Waals surface area contributed by atoms with Crippen LogP contribution in [0.4, 0.5) is 0 Å². The van der Waals surface area contributed by atoms with Gasteiger partial charge in [0.25, 0.3) is 0 Å². The molecule has 0 saturated carbocycles. The van der Waals surface area contributed by atoms with Gasteiger partial charge in [0.15, 0.2) is 0 Å². The lowest BCUT2D eigenvalue weighted by atomic mass is 9.91. The summed E-state index contributed by atoms with van der Waals surface area (Å²) in [5.41, 5.74) is 0. The molecule has 0 aliphatic heterocycles. The highest BCUT2D eigenvalue weighted by atomic mass is 16.5. The first-order valence-electron chi connectivity index (χ1n) is 4.85. The zero-order chi connectivity index (χ0) is 10.4. The van der Waals surface area contributed by atoms with Crippen LogP contribution in [0, 0.1) is 11.8 Å². The SMILES string of the molecule is C=CC(=O)OC(CC)C(C)C(C)C. The lowest BCUT2D eigenvalue weighted by molar-refractivity contribution is -0.146. The van der Waals surface area contributed by atoms with Gasteiger partial charge in [-0.25, -0.2) is 4.79 Å². The molecule has 0 heterocycles. The third-order valence-corrected chi connectivity index (χ3v) is 2.47. The summed E-state index contributed by atoms with van der Waals surface area (Å²) in [5, 5.41) is 0. The van der Waals surface area contributed by atoms with Crippen LogP contribution in [0.5, 0.6) is 0 Å². The minimum Gasteiger partial charge on any atom is -0.459 e. The van der Waals surface area contributed by atoms with Gasteiger partial charge >= 0.3 is 5.97 Å². The molecule has 13 heavy (non-hydrogen) atoms. The summed E-state index contributed by atoms with van der Waals surface area (Å²) in [6, 6.07) is 0. The average Bonchev–Trinajstić information content (AvgIpc) is 2.12. The van der Waals surface area contributed by atoms with E-state index in [9.17, 15) is 4.79 Å². The fourth-order valence-electron chi connectivity index (χ4n) is 1.19. The Kier molecular flexibility index (Phi) is 5.44. The molecular weight excluding hydrogens is 164 g/mol. The molecule has 2 unspecified atom stereocenters. The van der Waals surface area contributed by atoms with E-state index < -0.39 is 0 Å². The number of carbonyl (C=O) groups is 1. The quantitative estimate of drug-likeness (QED) is 0.485. The average molecular weight is 184 g/mol. The minimum atomic E-state index is -0.320. The van der Waals surface area contributed by atoms with Gasteiger partial charge in [-0.2, -0.15) is 0 Å². The van der Waals surface area contributed by atoms with Crippen LogP contribution in [0.25, 0.3) is 0 Å². The number of hydrogen-bond acceptors (Lipinski definition) is 2. The maximum absolute atomic E-state index is 11.0. The predicted octanol–water partition coefficient (Wildman–Crippen LogP) is 2.79. The Morgan fingerprint density at radius 2 is 2.00 bits per heavy atom. The molecule has 2 nitrogen and oxygen atoms in total. The van der Waals surface area contributed by atoms with Gasteiger partial charge in [-0.15, -0.1) is 0 Å². The molecule has 76 valence electrons. The van der Waals surface area contributed by atoms with Crippen molar-refractivity contribution in [2.75, 3.05) is 0 Å². The van der Waals surface area contributed by atoms with E-state index in [0.717, 1.165) is 6.42 Å². The second kappa shape index (κ2) is 5.79. The van der Waals surface area contributed by atoms with Crippen LogP contribution in [-0.4, -0.2) is 12.1 Å². The molecule has 2 atom stereocenters. The lowest BCUT2D eigenvalue weighted by Crippen LogP contribution is -2.27. The molecule has 0 aliphatic rings. The van der Waals surface area contributed by atoms with Crippen LogP contribution >= 0.6 is 0 Å². The van der Waals surface area contributed by atoms with E-state index in [-0.39, 0.29) is 12.1 Å². The lowest BCUT2D eigenvalue weighted by Gasteiger charge is -2.25. The van der Waals surface area contributed by atoms with Crippen molar-refractivity contribution in [2.24, 2.45) is 11.8 Å². The normalized spacial score (nSPS) is 15.2. The maximum Gasteiger partial charge on any atom is 0.330 e. The molecular formula is C11H20O2. The van der Waals surface area contributed by atoms with Crippen molar-refractivity contribution in [2.45, 2.75) is 40.2 Å². The topological polar surface area (TPSA) is 26.3 Å². The van der Waals surface area contributed by atoms with Gasteiger partial charge in [0.05, 0.1) is 0 Å². The number of hydrogen-bond donors (Lipinski definition) is 0. The van der Waals surface area contributed by atoms with E-state index in [4.69, 9.17) is 4.74 Å². The largest absolute Gasteiger partial charge is 0.459 e. The van der Waals surface area contributed by atoms with E-state index >= 15 is 0 Å². The first kappa shape index (κ1) is 12.2. The van der Waals surface area contributed by atoms with Crippen LogP contribution in [-0.2, 0) is 9.53 Å². The number of ether oxygens (including phenoxy) is 1. The maximum atomic E-state index is 11.0. The van der Waals surface area contributed by atoms with Crippen LogP contribution in [0.2, 0.25) is 0 Å². The second-order valence-electron chi connectivity index (χ2n) is 3.69. The standard InChI is InChI=1S/C11H20O2/c1-6-10(9(5)8(3)4)13-11(12)7-2/h7-10H,2,6H2,1,3-5H3. The first-order valence-corrected chi connectivity index (χ1v) is 4.85. The van der Waals surface area contributed by atoms with Crippen LogP contribution < -0.4 is 0 Å². The molecule has 0 fully saturated rings. The highest BCUT2D eigenvalue weighted by Crippen LogP contribution is 2.19. The number of rotatable bonds is 5. The molecule has 0 aromatic carbocycles. The van der Waals surface area contributed by atoms with Crippen molar-refractivity contribution in [1.82, 2.24) is 0 Å². The fraction of sp³-hybridized carbons (Fsp3) is 0.727. The summed E-state index contributed by atoms with van der Waals surface area (Å²) in [5.74, 6) is 0.607. The first-order chi connectivity index (χ1) is 6.02. The Hall–Kier alpha value is -0.790. The van der Waals surface area contributed by atoms with Crippen LogP contribution in [0.15, 0.2) is 12.7 Å². The third kappa shape index (κ3) is 4.11. The van der Waals surface area contributed by atoms with Crippen molar-refractivity contribution in [1.29, 1.82) is 0 Å². The molecule has 2 heteroatoms. The molecule has 0 radical (unpaired) electrons. The summed E-state index contributed by atoms with van der Waals surface area (Å²) >= 11 is 0. The van der Waals surface area contributed by atoms with Crippen molar-refractivity contribution < 1.29 is 9.53 Å². The summed E-state index contributed by atoms with van der Waals surface area (Å²) in [4.78, 5) is 11.0. The minimum absolute atomic E-state index is 0.0190. The van der Waals surface area contributed by atoms with Gasteiger partial charge in [-0.3, -0.25) is 0 Å².